The predicted octanol–water partition coefficient (Wildman–Crippen LogP) is 3.43. The van der Waals surface area contributed by atoms with Crippen molar-refractivity contribution in [3.05, 3.63) is 64.7 Å². The summed E-state index contributed by atoms with van der Waals surface area (Å²) in [6.07, 6.45) is 0.260. The molecule has 1 N–H and O–H groups in total. The number of hydrogen-bond acceptors (Lipinski definition) is 4. The Morgan fingerprint density at radius 1 is 1.29 bits per heavy atom. The number of nitrogens with one attached hydrogen (secondary N) is 1. The molecule has 1 heterocycles. The van der Waals surface area contributed by atoms with Crippen molar-refractivity contribution in [3.63, 3.8) is 0 Å². The zero-order valence-electron chi connectivity index (χ0n) is 16.4. The van der Waals surface area contributed by atoms with Crippen molar-refractivity contribution in [1.29, 1.82) is 0 Å². The Hall–Kier alpha value is -2.08. The Morgan fingerprint density at radius 3 is 2.75 bits per heavy atom. The summed E-state index contributed by atoms with van der Waals surface area (Å²) >= 11 is 6.09. The third-order valence-electron chi connectivity index (χ3n) is 4.93. The normalized spacial score (nSPS) is 19.2. The quantitative estimate of drug-likeness (QED) is 0.770. The molecule has 2 aromatic carbocycles. The molecule has 0 saturated carbocycles. The maximum absolute atomic E-state index is 12.9. The van der Waals surface area contributed by atoms with Crippen LogP contribution in [0.4, 0.5) is 0 Å². The Bertz CT molecular complexity index is 792. The van der Waals surface area contributed by atoms with Gasteiger partial charge in [-0.1, -0.05) is 41.9 Å². The molecule has 0 aromatic heterocycles. The largest absolute Gasteiger partial charge is 0.491 e. The molecule has 1 saturated heterocycles. The minimum absolute atomic E-state index is 0.0310. The third-order valence-corrected chi connectivity index (χ3v) is 5.35. The number of halogens is 1. The monoisotopic (exact) mass is 402 g/mol. The van der Waals surface area contributed by atoms with E-state index in [2.05, 4.69) is 5.32 Å². The molecule has 1 fully saturated rings. The summed E-state index contributed by atoms with van der Waals surface area (Å²) in [4.78, 5) is 14.6. The maximum Gasteiger partial charge on any atom is 0.225 e. The lowest BCUT2D eigenvalue weighted by molar-refractivity contribution is -0.144. The van der Waals surface area contributed by atoms with Crippen LogP contribution in [0, 0.1) is 6.92 Å². The zero-order valence-corrected chi connectivity index (χ0v) is 17.2. The van der Waals surface area contributed by atoms with Gasteiger partial charge in [-0.05, 0) is 36.2 Å². The van der Waals surface area contributed by atoms with Crippen LogP contribution in [0.25, 0.3) is 0 Å². The second kappa shape index (κ2) is 9.41. The van der Waals surface area contributed by atoms with Crippen LogP contribution in [-0.4, -0.2) is 49.8 Å². The van der Waals surface area contributed by atoms with Gasteiger partial charge in [0.1, 0.15) is 18.0 Å². The summed E-state index contributed by atoms with van der Waals surface area (Å²) in [5.41, 5.74) is 1.37. The third kappa shape index (κ3) is 5.47. The molecule has 0 unspecified atom stereocenters. The summed E-state index contributed by atoms with van der Waals surface area (Å²) in [5.74, 6) is 0.754. The van der Waals surface area contributed by atoms with Crippen molar-refractivity contribution >= 4 is 17.5 Å². The van der Waals surface area contributed by atoms with Crippen molar-refractivity contribution in [2.75, 3.05) is 33.4 Å². The van der Waals surface area contributed by atoms with Crippen LogP contribution in [0.2, 0.25) is 5.02 Å². The van der Waals surface area contributed by atoms with Crippen LogP contribution in [0.3, 0.4) is 0 Å². The van der Waals surface area contributed by atoms with Gasteiger partial charge in [0.15, 0.2) is 0 Å². The minimum atomic E-state index is -0.687. The van der Waals surface area contributed by atoms with Gasteiger partial charge in [-0.15, -0.1) is 0 Å². The van der Waals surface area contributed by atoms with E-state index in [-0.39, 0.29) is 12.3 Å². The smallest absolute Gasteiger partial charge is 0.225 e. The SMILES string of the molecule is Cc1cc(OC[C@]2(CC(=O)N(C)Cc3ccccc3)CNCCO2)ccc1Cl. The first kappa shape index (κ1) is 20.6. The number of amides is 1. The molecule has 0 spiro atoms. The van der Waals surface area contributed by atoms with E-state index in [1.807, 2.05) is 62.5 Å². The molecule has 0 aliphatic carbocycles. The fraction of sp³-hybridized carbons (Fsp3) is 0.409. The zero-order chi connectivity index (χ0) is 20.0. The Morgan fingerprint density at radius 2 is 2.07 bits per heavy atom. The molecule has 1 amide bonds. The first-order valence-electron chi connectivity index (χ1n) is 9.49. The summed E-state index contributed by atoms with van der Waals surface area (Å²) in [6, 6.07) is 15.5. The van der Waals surface area contributed by atoms with Crippen LogP contribution in [0.5, 0.6) is 5.75 Å². The number of ether oxygens (including phenoxy) is 2. The molecule has 2 aromatic rings. The van der Waals surface area contributed by atoms with E-state index < -0.39 is 5.60 Å². The Kier molecular flexibility index (Phi) is 6.94. The molecule has 1 aliphatic rings. The minimum Gasteiger partial charge on any atom is -0.491 e. The van der Waals surface area contributed by atoms with Gasteiger partial charge in [-0.3, -0.25) is 4.79 Å². The average Bonchev–Trinajstić information content (AvgIpc) is 2.70. The lowest BCUT2D eigenvalue weighted by Gasteiger charge is -2.38. The summed E-state index contributed by atoms with van der Waals surface area (Å²) in [6.45, 7) is 4.71. The van der Waals surface area contributed by atoms with Crippen molar-refractivity contribution in [2.45, 2.75) is 25.5 Å². The van der Waals surface area contributed by atoms with Gasteiger partial charge >= 0.3 is 0 Å². The summed E-state index contributed by atoms with van der Waals surface area (Å²) in [7, 11) is 1.82. The second-order valence-corrected chi connectivity index (χ2v) is 7.73. The first-order valence-corrected chi connectivity index (χ1v) is 9.87. The van der Waals surface area contributed by atoms with Crippen LogP contribution < -0.4 is 10.1 Å². The highest BCUT2D eigenvalue weighted by Gasteiger charge is 2.37. The molecule has 150 valence electrons. The molecule has 6 heteroatoms. The van der Waals surface area contributed by atoms with E-state index in [9.17, 15) is 4.79 Å². The van der Waals surface area contributed by atoms with Gasteiger partial charge in [0.05, 0.1) is 13.0 Å². The van der Waals surface area contributed by atoms with E-state index in [4.69, 9.17) is 21.1 Å². The standard InChI is InChI=1S/C22H27ClN2O3/c1-17-12-19(8-9-20(17)23)27-16-22(15-24-10-11-28-22)13-21(26)25(2)14-18-6-4-3-5-7-18/h3-9,12,24H,10-11,13-16H2,1-2H3/t22-/m0/s1. The van der Waals surface area contributed by atoms with E-state index in [1.165, 1.54) is 0 Å². The lowest BCUT2D eigenvalue weighted by Crippen LogP contribution is -2.55. The van der Waals surface area contributed by atoms with E-state index in [1.54, 1.807) is 4.90 Å². The van der Waals surface area contributed by atoms with Crippen molar-refractivity contribution in [2.24, 2.45) is 0 Å². The molecule has 1 atom stereocenters. The summed E-state index contributed by atoms with van der Waals surface area (Å²) in [5, 5.41) is 4.03. The second-order valence-electron chi connectivity index (χ2n) is 7.32. The van der Waals surface area contributed by atoms with Crippen molar-refractivity contribution in [3.8, 4) is 5.75 Å². The van der Waals surface area contributed by atoms with Gasteiger partial charge < -0.3 is 19.7 Å². The number of carbonyl (C=O) groups excluding carboxylic acids is 1. The van der Waals surface area contributed by atoms with Gasteiger partial charge in [-0.2, -0.15) is 0 Å². The van der Waals surface area contributed by atoms with Crippen LogP contribution >= 0.6 is 11.6 Å². The molecule has 5 nitrogen and oxygen atoms in total. The highest BCUT2D eigenvalue weighted by molar-refractivity contribution is 6.31. The molecular weight excluding hydrogens is 376 g/mol. The highest BCUT2D eigenvalue weighted by Crippen LogP contribution is 2.25. The van der Waals surface area contributed by atoms with Gasteiger partial charge in [0.2, 0.25) is 5.91 Å². The Balaban J connectivity index is 1.64. The number of aryl methyl sites for hydroxylation is 1. The number of rotatable bonds is 7. The molecule has 3 rings (SSSR count). The predicted molar refractivity (Wildman–Crippen MR) is 111 cm³/mol. The van der Waals surface area contributed by atoms with Gasteiger partial charge in [0.25, 0.3) is 0 Å². The maximum atomic E-state index is 12.9. The first-order chi connectivity index (χ1) is 13.5. The lowest BCUT2D eigenvalue weighted by atomic mass is 9.98. The Labute approximate surface area is 171 Å². The fourth-order valence-corrected chi connectivity index (χ4v) is 3.36. The molecule has 0 bridgehead atoms. The highest BCUT2D eigenvalue weighted by atomic mass is 35.5. The molecule has 1 aliphatic heterocycles. The van der Waals surface area contributed by atoms with Crippen LogP contribution in [0.1, 0.15) is 17.5 Å². The summed E-state index contributed by atoms with van der Waals surface area (Å²) < 4.78 is 12.0. The van der Waals surface area contributed by atoms with E-state index in [0.717, 1.165) is 23.4 Å². The van der Waals surface area contributed by atoms with Gasteiger partial charge in [-0.25, -0.2) is 0 Å². The van der Waals surface area contributed by atoms with Crippen LogP contribution in [-0.2, 0) is 16.1 Å². The number of morpholine rings is 1. The van der Waals surface area contributed by atoms with Crippen LogP contribution in [0.15, 0.2) is 48.5 Å². The molecular formula is C22H27ClN2O3. The average molecular weight is 403 g/mol. The molecule has 28 heavy (non-hydrogen) atoms. The number of benzene rings is 2. The fourth-order valence-electron chi connectivity index (χ4n) is 3.24. The van der Waals surface area contributed by atoms with Gasteiger partial charge in [0, 0.05) is 31.7 Å². The number of nitrogens with zero attached hydrogens (tertiary/aromatic N) is 1. The van der Waals surface area contributed by atoms with Crippen molar-refractivity contribution < 1.29 is 14.3 Å². The number of carbonyl (C=O) groups is 1. The topological polar surface area (TPSA) is 50.8 Å². The van der Waals surface area contributed by atoms with Crippen molar-refractivity contribution in [1.82, 2.24) is 10.2 Å². The number of hydrogen-bond donors (Lipinski definition) is 1. The van der Waals surface area contributed by atoms with E-state index in [0.29, 0.717) is 31.3 Å². The molecule has 0 radical (unpaired) electrons. The van der Waals surface area contributed by atoms with E-state index >= 15 is 0 Å².